The maximum atomic E-state index is 10.7. The van der Waals surface area contributed by atoms with E-state index in [9.17, 15) is 4.79 Å². The lowest BCUT2D eigenvalue weighted by Gasteiger charge is -1.95. The van der Waals surface area contributed by atoms with Crippen LogP contribution in [0.1, 0.15) is 19.8 Å². The van der Waals surface area contributed by atoms with E-state index in [0.717, 1.165) is 13.0 Å². The number of hydrogen-bond acceptors (Lipinski definition) is 1. The molecule has 2 heteroatoms. The van der Waals surface area contributed by atoms with Crippen LogP contribution in [0, 0.1) is 5.92 Å². The predicted octanol–water partition coefficient (Wildman–Crippen LogP) is 1.09. The number of allylic oxidation sites excluding steroid dienone is 1. The Morgan fingerprint density at radius 3 is 3.10 bits per heavy atom. The monoisotopic (exact) mass is 139 g/mol. The summed E-state index contributed by atoms with van der Waals surface area (Å²) in [7, 11) is 0. The van der Waals surface area contributed by atoms with Crippen LogP contribution in [0.4, 0.5) is 0 Å². The third-order valence-corrected chi connectivity index (χ3v) is 1.65. The molecule has 56 valence electrons. The quantitative estimate of drug-likeness (QED) is 0.570. The van der Waals surface area contributed by atoms with E-state index < -0.39 is 0 Å². The first-order valence-electron chi connectivity index (χ1n) is 3.76. The first-order chi connectivity index (χ1) is 4.83. The van der Waals surface area contributed by atoms with Crippen molar-refractivity contribution in [3.05, 3.63) is 12.2 Å². The van der Waals surface area contributed by atoms with E-state index in [-0.39, 0.29) is 5.91 Å². The lowest BCUT2D eigenvalue weighted by molar-refractivity contribution is -0.119. The molecule has 1 atom stereocenters. The van der Waals surface area contributed by atoms with Gasteiger partial charge < -0.3 is 5.32 Å². The zero-order valence-corrected chi connectivity index (χ0v) is 6.26. The van der Waals surface area contributed by atoms with Gasteiger partial charge in [-0.05, 0) is 6.42 Å². The normalized spacial score (nSPS) is 25.7. The Labute approximate surface area is 61.3 Å². The lowest BCUT2D eigenvalue weighted by atomic mass is 10.1. The van der Waals surface area contributed by atoms with Gasteiger partial charge in [-0.1, -0.05) is 19.1 Å². The van der Waals surface area contributed by atoms with Gasteiger partial charge in [-0.25, -0.2) is 0 Å². The molecule has 2 nitrogen and oxygen atoms in total. The van der Waals surface area contributed by atoms with Crippen molar-refractivity contribution < 1.29 is 4.79 Å². The summed E-state index contributed by atoms with van der Waals surface area (Å²) in [6.07, 6.45) is 5.98. The van der Waals surface area contributed by atoms with Crippen LogP contribution in [-0.2, 0) is 4.79 Å². The molecule has 0 radical (unpaired) electrons. The highest BCUT2D eigenvalue weighted by molar-refractivity contribution is 5.78. The summed E-state index contributed by atoms with van der Waals surface area (Å²) in [5.74, 6) is 0.637. The van der Waals surface area contributed by atoms with Crippen molar-refractivity contribution in [1.82, 2.24) is 5.32 Å². The van der Waals surface area contributed by atoms with Crippen LogP contribution in [0.2, 0.25) is 0 Å². The van der Waals surface area contributed by atoms with Crippen LogP contribution in [-0.4, -0.2) is 12.5 Å². The molecule has 0 aromatic heterocycles. The number of carbonyl (C=O) groups is 1. The van der Waals surface area contributed by atoms with Crippen LogP contribution in [0.15, 0.2) is 12.2 Å². The molecule has 0 aromatic carbocycles. The van der Waals surface area contributed by atoms with Crippen molar-refractivity contribution in [2.24, 2.45) is 5.92 Å². The van der Waals surface area contributed by atoms with Gasteiger partial charge in [0, 0.05) is 18.9 Å². The minimum Gasteiger partial charge on any atom is -0.355 e. The molecule has 0 saturated carbocycles. The van der Waals surface area contributed by atoms with Crippen LogP contribution in [0.25, 0.3) is 0 Å². The maximum Gasteiger partial charge on any atom is 0.220 e. The zero-order valence-electron chi connectivity index (χ0n) is 6.26. The van der Waals surface area contributed by atoms with Gasteiger partial charge in [0.15, 0.2) is 0 Å². The molecule has 10 heavy (non-hydrogen) atoms. The molecule has 1 heterocycles. The minimum absolute atomic E-state index is 0.186. The van der Waals surface area contributed by atoms with E-state index in [1.54, 1.807) is 0 Å². The van der Waals surface area contributed by atoms with Gasteiger partial charge in [-0.3, -0.25) is 4.79 Å². The fraction of sp³-hybridized carbons (Fsp3) is 0.625. The largest absolute Gasteiger partial charge is 0.355 e. The maximum absolute atomic E-state index is 10.7. The summed E-state index contributed by atoms with van der Waals surface area (Å²) in [5.41, 5.74) is 0. The SMILES string of the molecule is CC/C=C/C1CNC(=O)C1. The van der Waals surface area contributed by atoms with Crippen LogP contribution in [0.3, 0.4) is 0 Å². The van der Waals surface area contributed by atoms with E-state index in [0.29, 0.717) is 12.3 Å². The van der Waals surface area contributed by atoms with Crippen LogP contribution >= 0.6 is 0 Å². The van der Waals surface area contributed by atoms with E-state index in [2.05, 4.69) is 24.4 Å². The Bertz CT molecular complexity index is 151. The fourth-order valence-electron chi connectivity index (χ4n) is 1.09. The van der Waals surface area contributed by atoms with Crippen molar-refractivity contribution in [3.63, 3.8) is 0 Å². The molecular weight excluding hydrogens is 126 g/mol. The number of hydrogen-bond donors (Lipinski definition) is 1. The van der Waals surface area contributed by atoms with Gasteiger partial charge >= 0.3 is 0 Å². The molecular formula is C8H13NO. The average molecular weight is 139 g/mol. The number of nitrogens with one attached hydrogen (secondary N) is 1. The number of carbonyl (C=O) groups excluding carboxylic acids is 1. The van der Waals surface area contributed by atoms with E-state index >= 15 is 0 Å². The second-order valence-electron chi connectivity index (χ2n) is 2.60. The molecule has 1 fully saturated rings. The highest BCUT2D eigenvalue weighted by Crippen LogP contribution is 2.09. The molecule has 1 unspecified atom stereocenters. The highest BCUT2D eigenvalue weighted by Gasteiger charge is 2.17. The summed E-state index contributed by atoms with van der Waals surface area (Å²) in [6.45, 7) is 2.93. The number of amides is 1. The Kier molecular flexibility index (Phi) is 2.49. The first kappa shape index (κ1) is 7.32. The minimum atomic E-state index is 0.186. The fourth-order valence-corrected chi connectivity index (χ4v) is 1.09. The molecule has 1 saturated heterocycles. The smallest absolute Gasteiger partial charge is 0.220 e. The summed E-state index contributed by atoms with van der Waals surface area (Å²) in [6, 6.07) is 0. The summed E-state index contributed by atoms with van der Waals surface area (Å²) in [5, 5.41) is 2.79. The van der Waals surface area contributed by atoms with Gasteiger partial charge in [-0.15, -0.1) is 0 Å². The molecule has 0 bridgehead atoms. The van der Waals surface area contributed by atoms with Gasteiger partial charge in [-0.2, -0.15) is 0 Å². The second kappa shape index (κ2) is 3.40. The third-order valence-electron chi connectivity index (χ3n) is 1.65. The zero-order chi connectivity index (χ0) is 7.40. The van der Waals surface area contributed by atoms with Crippen molar-refractivity contribution in [3.8, 4) is 0 Å². The second-order valence-corrected chi connectivity index (χ2v) is 2.60. The summed E-state index contributed by atoms with van der Waals surface area (Å²) < 4.78 is 0. The standard InChI is InChI=1S/C8H13NO/c1-2-3-4-7-5-8(10)9-6-7/h3-4,7H,2,5-6H2,1H3,(H,9,10)/b4-3+. The van der Waals surface area contributed by atoms with Gasteiger partial charge in [0.1, 0.15) is 0 Å². The highest BCUT2D eigenvalue weighted by atomic mass is 16.1. The molecule has 0 spiro atoms. The van der Waals surface area contributed by atoms with Crippen molar-refractivity contribution >= 4 is 5.91 Å². The molecule has 1 rings (SSSR count). The Morgan fingerprint density at radius 2 is 2.60 bits per heavy atom. The van der Waals surface area contributed by atoms with Gasteiger partial charge in [0.05, 0.1) is 0 Å². The Hall–Kier alpha value is -0.790. The molecule has 0 aliphatic carbocycles. The topological polar surface area (TPSA) is 29.1 Å². The molecule has 1 aliphatic rings. The van der Waals surface area contributed by atoms with E-state index in [4.69, 9.17) is 0 Å². The summed E-state index contributed by atoms with van der Waals surface area (Å²) >= 11 is 0. The van der Waals surface area contributed by atoms with Gasteiger partial charge in [0.25, 0.3) is 0 Å². The van der Waals surface area contributed by atoms with Crippen LogP contribution < -0.4 is 5.32 Å². The third kappa shape index (κ3) is 1.87. The molecule has 1 aliphatic heterocycles. The van der Waals surface area contributed by atoms with Crippen molar-refractivity contribution in [2.45, 2.75) is 19.8 Å². The van der Waals surface area contributed by atoms with E-state index in [1.165, 1.54) is 0 Å². The first-order valence-corrected chi connectivity index (χ1v) is 3.76. The molecule has 1 N–H and O–H groups in total. The van der Waals surface area contributed by atoms with Gasteiger partial charge in [0.2, 0.25) is 5.91 Å². The van der Waals surface area contributed by atoms with E-state index in [1.807, 2.05) is 0 Å². The summed E-state index contributed by atoms with van der Waals surface area (Å²) in [4.78, 5) is 10.7. The average Bonchev–Trinajstić information content (AvgIpc) is 2.31. The predicted molar refractivity (Wildman–Crippen MR) is 40.5 cm³/mol. The Balaban J connectivity index is 2.31. The lowest BCUT2D eigenvalue weighted by Crippen LogP contribution is -2.13. The molecule has 0 aromatic rings. The van der Waals surface area contributed by atoms with Crippen molar-refractivity contribution in [2.75, 3.05) is 6.54 Å². The van der Waals surface area contributed by atoms with Crippen LogP contribution in [0.5, 0.6) is 0 Å². The van der Waals surface area contributed by atoms with Crippen molar-refractivity contribution in [1.29, 1.82) is 0 Å². The number of rotatable bonds is 2. The Morgan fingerprint density at radius 1 is 1.80 bits per heavy atom. The molecule has 1 amide bonds.